The van der Waals surface area contributed by atoms with Gasteiger partial charge in [0.15, 0.2) is 0 Å². The molecule has 0 fully saturated rings. The van der Waals surface area contributed by atoms with Crippen molar-refractivity contribution in [3.8, 4) is 5.75 Å². The third-order valence-corrected chi connectivity index (χ3v) is 3.34. The van der Waals surface area contributed by atoms with Crippen molar-refractivity contribution in [2.24, 2.45) is 0 Å². The number of nitrogens with one attached hydrogen (secondary N) is 1. The average Bonchev–Trinajstić information content (AvgIpc) is 2.38. The monoisotopic (exact) mass is 264 g/mol. The van der Waals surface area contributed by atoms with E-state index < -0.39 is 0 Å². The van der Waals surface area contributed by atoms with Crippen LogP contribution in [0, 0.1) is 0 Å². The Hall–Kier alpha value is -1.22. The van der Waals surface area contributed by atoms with E-state index in [1.54, 1.807) is 0 Å². The van der Waals surface area contributed by atoms with Crippen molar-refractivity contribution in [2.75, 3.05) is 24.5 Å². The molecule has 0 saturated heterocycles. The van der Waals surface area contributed by atoms with Crippen LogP contribution in [0.4, 0.5) is 5.69 Å². The van der Waals surface area contributed by atoms with E-state index in [1.807, 2.05) is 12.1 Å². The lowest BCUT2D eigenvalue weighted by molar-refractivity contribution is 0.454. The summed E-state index contributed by atoms with van der Waals surface area (Å²) in [6.07, 6.45) is 2.24. The SMILES string of the molecule is CCCN(CCC)c1ccc(C(C)NCC)c(O)c1. The zero-order valence-electron chi connectivity index (χ0n) is 12.7. The Labute approximate surface area is 117 Å². The van der Waals surface area contributed by atoms with Crippen molar-refractivity contribution in [1.29, 1.82) is 0 Å². The molecule has 1 rings (SSSR count). The first kappa shape index (κ1) is 15.8. The summed E-state index contributed by atoms with van der Waals surface area (Å²) < 4.78 is 0. The Morgan fingerprint density at radius 1 is 1.16 bits per heavy atom. The van der Waals surface area contributed by atoms with Crippen LogP contribution in [0.15, 0.2) is 18.2 Å². The first-order chi connectivity index (χ1) is 9.13. The highest BCUT2D eigenvalue weighted by Crippen LogP contribution is 2.29. The maximum Gasteiger partial charge on any atom is 0.122 e. The predicted octanol–water partition coefficient (Wildman–Crippen LogP) is 3.69. The van der Waals surface area contributed by atoms with Gasteiger partial charge in [0.2, 0.25) is 0 Å². The van der Waals surface area contributed by atoms with E-state index in [4.69, 9.17) is 0 Å². The minimum absolute atomic E-state index is 0.185. The molecule has 1 aromatic rings. The maximum absolute atomic E-state index is 10.2. The van der Waals surface area contributed by atoms with Gasteiger partial charge in [-0.15, -0.1) is 0 Å². The lowest BCUT2D eigenvalue weighted by atomic mass is 10.1. The predicted molar refractivity (Wildman–Crippen MR) is 83.0 cm³/mol. The van der Waals surface area contributed by atoms with Gasteiger partial charge in [-0.2, -0.15) is 0 Å². The molecule has 1 aromatic carbocycles. The second-order valence-corrected chi connectivity index (χ2v) is 5.01. The molecule has 0 amide bonds. The zero-order valence-corrected chi connectivity index (χ0v) is 12.7. The molecule has 0 aliphatic rings. The molecule has 2 N–H and O–H groups in total. The molecule has 0 bridgehead atoms. The molecular formula is C16H28N2O. The molecule has 108 valence electrons. The van der Waals surface area contributed by atoms with Gasteiger partial charge in [-0.1, -0.05) is 26.8 Å². The number of phenols is 1. The highest BCUT2D eigenvalue weighted by molar-refractivity contribution is 5.54. The second-order valence-electron chi connectivity index (χ2n) is 5.01. The van der Waals surface area contributed by atoms with E-state index >= 15 is 0 Å². The van der Waals surface area contributed by atoms with E-state index in [2.05, 4.69) is 44.0 Å². The first-order valence-electron chi connectivity index (χ1n) is 7.45. The van der Waals surface area contributed by atoms with Gasteiger partial charge in [-0.3, -0.25) is 0 Å². The Kier molecular flexibility index (Phi) is 6.71. The zero-order chi connectivity index (χ0) is 14.3. The molecule has 0 spiro atoms. The molecule has 0 aliphatic carbocycles. The summed E-state index contributed by atoms with van der Waals surface area (Å²) in [6, 6.07) is 6.24. The van der Waals surface area contributed by atoms with Gasteiger partial charge in [-0.05, 0) is 32.4 Å². The van der Waals surface area contributed by atoms with Crippen LogP contribution in [0.3, 0.4) is 0 Å². The molecule has 3 heteroatoms. The van der Waals surface area contributed by atoms with Gasteiger partial charge in [0.1, 0.15) is 5.75 Å². The summed E-state index contributed by atoms with van der Waals surface area (Å²) >= 11 is 0. The smallest absolute Gasteiger partial charge is 0.122 e. The molecule has 3 nitrogen and oxygen atoms in total. The number of nitrogens with zero attached hydrogens (tertiary/aromatic N) is 1. The standard InChI is InChI=1S/C16H28N2O/c1-5-10-18(11-6-2)14-8-9-15(16(19)12-14)13(4)17-7-3/h8-9,12-13,17,19H,5-7,10-11H2,1-4H3. The largest absolute Gasteiger partial charge is 0.508 e. The highest BCUT2D eigenvalue weighted by Gasteiger charge is 2.12. The van der Waals surface area contributed by atoms with Crippen LogP contribution < -0.4 is 10.2 Å². The van der Waals surface area contributed by atoms with Crippen LogP contribution in [0.5, 0.6) is 5.75 Å². The third-order valence-electron chi connectivity index (χ3n) is 3.34. The number of phenolic OH excluding ortho intramolecular Hbond substituents is 1. The number of rotatable bonds is 8. The van der Waals surface area contributed by atoms with Gasteiger partial charge in [0.05, 0.1) is 0 Å². The molecule has 1 atom stereocenters. The Bertz CT molecular complexity index is 373. The second kappa shape index (κ2) is 8.05. The van der Waals surface area contributed by atoms with Crippen LogP contribution in [0.25, 0.3) is 0 Å². The molecule has 19 heavy (non-hydrogen) atoms. The summed E-state index contributed by atoms with van der Waals surface area (Å²) in [5.74, 6) is 0.392. The van der Waals surface area contributed by atoms with E-state index in [9.17, 15) is 5.11 Å². The number of aromatic hydroxyl groups is 1. The van der Waals surface area contributed by atoms with Gasteiger partial charge >= 0.3 is 0 Å². The van der Waals surface area contributed by atoms with Gasteiger partial charge in [0.25, 0.3) is 0 Å². The fraction of sp³-hybridized carbons (Fsp3) is 0.625. The van der Waals surface area contributed by atoms with Crippen molar-refractivity contribution in [3.05, 3.63) is 23.8 Å². The van der Waals surface area contributed by atoms with Gasteiger partial charge in [-0.25, -0.2) is 0 Å². The van der Waals surface area contributed by atoms with E-state index in [0.717, 1.165) is 43.7 Å². The summed E-state index contributed by atoms with van der Waals surface area (Å²) in [4.78, 5) is 2.33. The van der Waals surface area contributed by atoms with Crippen molar-refractivity contribution >= 4 is 5.69 Å². The van der Waals surface area contributed by atoms with Crippen LogP contribution in [0.1, 0.15) is 52.1 Å². The summed E-state index contributed by atoms with van der Waals surface area (Å²) in [5.41, 5.74) is 2.09. The average molecular weight is 264 g/mol. The maximum atomic E-state index is 10.2. The van der Waals surface area contributed by atoms with E-state index in [0.29, 0.717) is 5.75 Å². The number of hydrogen-bond acceptors (Lipinski definition) is 3. The molecular weight excluding hydrogens is 236 g/mol. The number of anilines is 1. The van der Waals surface area contributed by atoms with Crippen molar-refractivity contribution in [2.45, 2.75) is 46.6 Å². The minimum atomic E-state index is 0.185. The normalized spacial score (nSPS) is 12.4. The molecule has 0 saturated carbocycles. The quantitative estimate of drug-likeness (QED) is 0.751. The van der Waals surface area contributed by atoms with E-state index in [1.165, 1.54) is 0 Å². The van der Waals surface area contributed by atoms with Gasteiger partial charge < -0.3 is 15.3 Å². The van der Waals surface area contributed by atoms with Crippen molar-refractivity contribution in [1.82, 2.24) is 5.32 Å². The van der Waals surface area contributed by atoms with Crippen molar-refractivity contribution < 1.29 is 5.11 Å². The van der Waals surface area contributed by atoms with Gasteiger partial charge in [0, 0.05) is 36.4 Å². The summed E-state index contributed by atoms with van der Waals surface area (Å²) in [7, 11) is 0. The molecule has 0 heterocycles. The Morgan fingerprint density at radius 2 is 1.79 bits per heavy atom. The third kappa shape index (κ3) is 4.43. The van der Waals surface area contributed by atoms with Crippen LogP contribution in [-0.2, 0) is 0 Å². The topological polar surface area (TPSA) is 35.5 Å². The van der Waals surface area contributed by atoms with Crippen LogP contribution in [-0.4, -0.2) is 24.7 Å². The van der Waals surface area contributed by atoms with E-state index in [-0.39, 0.29) is 6.04 Å². The summed E-state index contributed by atoms with van der Waals surface area (Å²) in [5, 5.41) is 13.5. The highest BCUT2D eigenvalue weighted by atomic mass is 16.3. The first-order valence-corrected chi connectivity index (χ1v) is 7.45. The Balaban J connectivity index is 2.90. The molecule has 0 aliphatic heterocycles. The number of hydrogen-bond donors (Lipinski definition) is 2. The number of benzene rings is 1. The van der Waals surface area contributed by atoms with Crippen LogP contribution in [0.2, 0.25) is 0 Å². The van der Waals surface area contributed by atoms with Crippen molar-refractivity contribution in [3.63, 3.8) is 0 Å². The summed E-state index contributed by atoms with van der Waals surface area (Å²) in [6.45, 7) is 11.5. The molecule has 0 aromatic heterocycles. The lowest BCUT2D eigenvalue weighted by Crippen LogP contribution is -2.25. The Morgan fingerprint density at radius 3 is 2.26 bits per heavy atom. The lowest BCUT2D eigenvalue weighted by Gasteiger charge is -2.25. The fourth-order valence-electron chi connectivity index (χ4n) is 2.42. The fourth-order valence-corrected chi connectivity index (χ4v) is 2.42. The molecule has 0 radical (unpaired) electrons. The van der Waals surface area contributed by atoms with Crippen LogP contribution >= 0.6 is 0 Å². The molecule has 1 unspecified atom stereocenters. The minimum Gasteiger partial charge on any atom is -0.508 e.